The minimum atomic E-state index is -0.0266. The molecule has 0 amide bonds. The van der Waals surface area contributed by atoms with Gasteiger partial charge in [0.25, 0.3) is 0 Å². The van der Waals surface area contributed by atoms with Crippen LogP contribution in [0.4, 0.5) is 0 Å². The molecule has 0 radical (unpaired) electrons. The van der Waals surface area contributed by atoms with E-state index in [0.717, 1.165) is 5.56 Å². The van der Waals surface area contributed by atoms with E-state index in [-0.39, 0.29) is 6.61 Å². The predicted octanol–water partition coefficient (Wildman–Crippen LogP) is 3.40. The van der Waals surface area contributed by atoms with Gasteiger partial charge in [0.05, 0.1) is 23.3 Å². The maximum Gasteiger partial charge on any atom is 0.139 e. The second-order valence-corrected chi connectivity index (χ2v) is 3.64. The number of ether oxygens (including phenoxy) is 1. The summed E-state index contributed by atoms with van der Waals surface area (Å²) < 4.78 is 5.29. The molecule has 0 spiro atoms. The minimum Gasteiger partial charge on any atom is -0.492 e. The summed E-state index contributed by atoms with van der Waals surface area (Å²) in [6, 6.07) is 3.38. The van der Waals surface area contributed by atoms with Crippen LogP contribution in [0.1, 0.15) is 12.5 Å². The first-order valence-electron chi connectivity index (χ1n) is 4.58. The smallest absolute Gasteiger partial charge is 0.139 e. The highest BCUT2D eigenvalue weighted by Crippen LogP contribution is 2.31. The van der Waals surface area contributed by atoms with Crippen LogP contribution in [0.15, 0.2) is 18.2 Å². The Morgan fingerprint density at radius 2 is 2.07 bits per heavy atom. The number of aliphatic hydroxyl groups excluding tert-OH is 1. The van der Waals surface area contributed by atoms with E-state index in [0.29, 0.717) is 22.4 Å². The average molecular weight is 247 g/mol. The van der Waals surface area contributed by atoms with E-state index in [9.17, 15) is 0 Å². The molecule has 0 saturated heterocycles. The van der Waals surface area contributed by atoms with Crippen molar-refractivity contribution in [3.8, 4) is 5.75 Å². The Labute approximate surface area is 99.1 Å². The van der Waals surface area contributed by atoms with E-state index >= 15 is 0 Å². The maximum absolute atomic E-state index is 8.64. The van der Waals surface area contributed by atoms with E-state index in [2.05, 4.69) is 0 Å². The van der Waals surface area contributed by atoms with E-state index < -0.39 is 0 Å². The van der Waals surface area contributed by atoms with Gasteiger partial charge in [-0.3, -0.25) is 0 Å². The molecular formula is C11H12Cl2O2. The number of aliphatic hydroxyl groups is 1. The van der Waals surface area contributed by atoms with Crippen LogP contribution in [-0.2, 0) is 0 Å². The van der Waals surface area contributed by atoms with Gasteiger partial charge in [0.15, 0.2) is 0 Å². The van der Waals surface area contributed by atoms with Gasteiger partial charge in [0.1, 0.15) is 5.75 Å². The molecule has 0 bridgehead atoms. The second kappa shape index (κ2) is 6.01. The molecule has 2 nitrogen and oxygen atoms in total. The number of benzene rings is 1. The highest BCUT2D eigenvalue weighted by Gasteiger charge is 2.05. The van der Waals surface area contributed by atoms with Crippen LogP contribution in [0.5, 0.6) is 5.75 Å². The Morgan fingerprint density at radius 3 is 2.67 bits per heavy atom. The molecule has 0 aliphatic heterocycles. The standard InChI is InChI=1S/C11H12Cl2O2/c1-2-15-11-7-9(12)8(4-3-5-14)6-10(11)13/h3-4,6-7,14H,2,5H2,1H3. The molecule has 0 atom stereocenters. The Kier molecular flexibility index (Phi) is 4.95. The van der Waals surface area contributed by atoms with Crippen LogP contribution >= 0.6 is 23.2 Å². The van der Waals surface area contributed by atoms with Gasteiger partial charge in [-0.15, -0.1) is 0 Å². The van der Waals surface area contributed by atoms with E-state index in [4.69, 9.17) is 33.0 Å². The largest absolute Gasteiger partial charge is 0.492 e. The maximum atomic E-state index is 8.64. The van der Waals surface area contributed by atoms with Crippen molar-refractivity contribution >= 4 is 29.3 Å². The molecule has 0 heterocycles. The van der Waals surface area contributed by atoms with Gasteiger partial charge in [0, 0.05) is 6.07 Å². The fourth-order valence-electron chi connectivity index (χ4n) is 1.12. The Balaban J connectivity index is 3.02. The van der Waals surface area contributed by atoms with Crippen LogP contribution < -0.4 is 4.74 Å². The fourth-order valence-corrected chi connectivity index (χ4v) is 1.56. The number of rotatable bonds is 4. The lowest BCUT2D eigenvalue weighted by atomic mass is 10.2. The summed E-state index contributed by atoms with van der Waals surface area (Å²) in [5, 5.41) is 9.70. The average Bonchev–Trinajstić information content (AvgIpc) is 2.21. The molecule has 0 aliphatic rings. The highest BCUT2D eigenvalue weighted by molar-refractivity contribution is 6.35. The van der Waals surface area contributed by atoms with Gasteiger partial charge >= 0.3 is 0 Å². The lowest BCUT2D eigenvalue weighted by Gasteiger charge is -2.07. The second-order valence-electron chi connectivity index (χ2n) is 2.82. The first kappa shape index (κ1) is 12.4. The van der Waals surface area contributed by atoms with E-state index in [1.165, 1.54) is 0 Å². The van der Waals surface area contributed by atoms with Gasteiger partial charge in [-0.1, -0.05) is 35.4 Å². The van der Waals surface area contributed by atoms with Crippen LogP contribution in [0.25, 0.3) is 6.08 Å². The summed E-state index contributed by atoms with van der Waals surface area (Å²) in [6.45, 7) is 2.40. The Bertz CT molecular complexity index is 362. The number of halogens is 2. The van der Waals surface area contributed by atoms with Gasteiger partial charge in [0.2, 0.25) is 0 Å². The lowest BCUT2D eigenvalue weighted by Crippen LogP contribution is -1.92. The van der Waals surface area contributed by atoms with Gasteiger partial charge in [-0.25, -0.2) is 0 Å². The summed E-state index contributed by atoms with van der Waals surface area (Å²) in [7, 11) is 0. The summed E-state index contributed by atoms with van der Waals surface area (Å²) in [5.41, 5.74) is 0.763. The molecule has 1 N–H and O–H groups in total. The normalized spacial score (nSPS) is 10.9. The summed E-state index contributed by atoms with van der Waals surface area (Å²) in [5.74, 6) is 0.574. The van der Waals surface area contributed by atoms with Crippen molar-refractivity contribution in [1.29, 1.82) is 0 Å². The van der Waals surface area contributed by atoms with Crippen molar-refractivity contribution in [3.05, 3.63) is 33.8 Å². The Morgan fingerprint density at radius 1 is 1.33 bits per heavy atom. The van der Waals surface area contributed by atoms with E-state index in [1.54, 1.807) is 24.3 Å². The molecule has 1 rings (SSSR count). The lowest BCUT2D eigenvalue weighted by molar-refractivity contribution is 0.340. The molecule has 0 saturated carbocycles. The van der Waals surface area contributed by atoms with Crippen molar-refractivity contribution in [2.75, 3.05) is 13.2 Å². The fraction of sp³-hybridized carbons (Fsp3) is 0.273. The zero-order chi connectivity index (χ0) is 11.3. The third-order valence-corrected chi connectivity index (χ3v) is 2.38. The molecule has 0 unspecified atom stereocenters. The molecule has 15 heavy (non-hydrogen) atoms. The zero-order valence-corrected chi connectivity index (χ0v) is 9.85. The van der Waals surface area contributed by atoms with Crippen LogP contribution in [-0.4, -0.2) is 18.3 Å². The molecule has 0 aliphatic carbocycles. The molecule has 0 aromatic heterocycles. The van der Waals surface area contributed by atoms with Crippen LogP contribution in [0, 0.1) is 0 Å². The summed E-state index contributed by atoms with van der Waals surface area (Å²) in [6.07, 6.45) is 3.31. The van der Waals surface area contributed by atoms with Crippen molar-refractivity contribution in [3.63, 3.8) is 0 Å². The summed E-state index contributed by atoms with van der Waals surface area (Å²) >= 11 is 12.0. The number of hydrogen-bond acceptors (Lipinski definition) is 2. The molecule has 82 valence electrons. The van der Waals surface area contributed by atoms with Gasteiger partial charge in [-0.05, 0) is 18.6 Å². The third kappa shape index (κ3) is 3.42. The highest BCUT2D eigenvalue weighted by atomic mass is 35.5. The summed E-state index contributed by atoms with van der Waals surface area (Å²) in [4.78, 5) is 0. The van der Waals surface area contributed by atoms with Gasteiger partial charge in [-0.2, -0.15) is 0 Å². The zero-order valence-electron chi connectivity index (χ0n) is 8.34. The Hall–Kier alpha value is -0.700. The SMILES string of the molecule is CCOc1cc(Cl)c(C=CCO)cc1Cl. The third-order valence-electron chi connectivity index (χ3n) is 1.75. The monoisotopic (exact) mass is 246 g/mol. The van der Waals surface area contributed by atoms with Crippen molar-refractivity contribution in [2.24, 2.45) is 0 Å². The topological polar surface area (TPSA) is 29.5 Å². The molecule has 4 heteroatoms. The molecule has 1 aromatic rings. The predicted molar refractivity (Wildman–Crippen MR) is 63.8 cm³/mol. The van der Waals surface area contributed by atoms with Gasteiger partial charge < -0.3 is 9.84 Å². The molecule has 1 aromatic carbocycles. The first-order valence-corrected chi connectivity index (χ1v) is 5.33. The van der Waals surface area contributed by atoms with Crippen molar-refractivity contribution in [1.82, 2.24) is 0 Å². The first-order chi connectivity index (χ1) is 7.19. The van der Waals surface area contributed by atoms with Crippen LogP contribution in [0.2, 0.25) is 10.0 Å². The number of hydrogen-bond donors (Lipinski definition) is 1. The van der Waals surface area contributed by atoms with Crippen molar-refractivity contribution in [2.45, 2.75) is 6.92 Å². The quantitative estimate of drug-likeness (QED) is 0.883. The van der Waals surface area contributed by atoms with Crippen molar-refractivity contribution < 1.29 is 9.84 Å². The van der Waals surface area contributed by atoms with E-state index in [1.807, 2.05) is 6.92 Å². The minimum absolute atomic E-state index is 0.0266. The molecule has 0 fully saturated rings. The molecular weight excluding hydrogens is 235 g/mol. The van der Waals surface area contributed by atoms with Crippen LogP contribution in [0.3, 0.4) is 0 Å².